The molecular formula is C36H35Si. The molecule has 0 saturated heterocycles. The molecule has 4 aromatic carbocycles. The summed E-state index contributed by atoms with van der Waals surface area (Å²) in [6.45, 7) is 14.1. The topological polar surface area (TPSA) is 0 Å². The van der Waals surface area contributed by atoms with Crippen LogP contribution >= 0.6 is 0 Å². The second-order valence-electron chi connectivity index (χ2n) is 12.1. The Hall–Kier alpha value is -3.16. The van der Waals surface area contributed by atoms with E-state index in [9.17, 15) is 0 Å². The van der Waals surface area contributed by atoms with Crippen LogP contribution in [0.25, 0.3) is 39.5 Å². The van der Waals surface area contributed by atoms with E-state index in [-0.39, 0.29) is 0 Å². The van der Waals surface area contributed by atoms with Gasteiger partial charge in [0.25, 0.3) is 0 Å². The quantitative estimate of drug-likeness (QED) is 0.249. The predicted octanol–water partition coefficient (Wildman–Crippen LogP) is 8.55. The minimum Gasteiger partial charge on any atom is -0.0623 e. The number of allylic oxidation sites excluding steroid dienone is 1. The minimum atomic E-state index is -1.04. The number of fused-ring (bicyclic) bond motifs is 6. The Morgan fingerprint density at radius 2 is 1.27 bits per heavy atom. The Bertz CT molecular complexity index is 1590. The Balaban J connectivity index is 1.61. The van der Waals surface area contributed by atoms with Gasteiger partial charge in [-0.25, -0.2) is 0 Å². The first-order chi connectivity index (χ1) is 17.8. The highest BCUT2D eigenvalue weighted by molar-refractivity contribution is 6.92. The molecular weight excluding hydrogens is 460 g/mol. The van der Waals surface area contributed by atoms with E-state index in [1.807, 2.05) is 0 Å². The van der Waals surface area contributed by atoms with Crippen molar-refractivity contribution in [2.75, 3.05) is 0 Å². The van der Waals surface area contributed by atoms with E-state index in [4.69, 9.17) is 0 Å². The van der Waals surface area contributed by atoms with Crippen LogP contribution in [0, 0.1) is 5.92 Å². The molecule has 0 N–H and O–H groups in total. The summed E-state index contributed by atoms with van der Waals surface area (Å²) in [5, 5.41) is 3.25. The zero-order valence-corrected chi connectivity index (χ0v) is 23.8. The second-order valence-corrected chi connectivity index (χ2v) is 14.6. The van der Waals surface area contributed by atoms with Crippen LogP contribution in [0.1, 0.15) is 81.2 Å². The third kappa shape index (κ3) is 3.20. The largest absolute Gasteiger partial charge is 0.135 e. The van der Waals surface area contributed by atoms with Gasteiger partial charge in [0, 0.05) is 5.54 Å². The summed E-state index contributed by atoms with van der Waals surface area (Å²) in [5.41, 5.74) is 16.8. The Morgan fingerprint density at radius 1 is 0.622 bits per heavy atom. The molecule has 1 aliphatic carbocycles. The SMILES string of the molecule is CC(C)C1=Cc2ccc3c(-c4cc(C(C)C)cc(C(C)C)c4)c2C1[Si]1c2ccccc2-c2cccc-3c21. The van der Waals surface area contributed by atoms with Gasteiger partial charge in [-0.3, -0.25) is 0 Å². The van der Waals surface area contributed by atoms with Crippen LogP contribution in [-0.4, -0.2) is 8.80 Å². The van der Waals surface area contributed by atoms with E-state index in [1.54, 1.807) is 21.5 Å². The molecule has 0 fully saturated rings. The van der Waals surface area contributed by atoms with E-state index < -0.39 is 8.80 Å². The van der Waals surface area contributed by atoms with Crippen LogP contribution in [0.4, 0.5) is 0 Å². The van der Waals surface area contributed by atoms with Crippen molar-refractivity contribution < 1.29 is 0 Å². The van der Waals surface area contributed by atoms with E-state index in [2.05, 4.69) is 120 Å². The molecule has 183 valence electrons. The molecule has 0 spiro atoms. The maximum atomic E-state index is 2.56. The van der Waals surface area contributed by atoms with Gasteiger partial charge in [-0.2, -0.15) is 0 Å². The maximum Gasteiger partial charge on any atom is 0.135 e. The first-order valence-corrected chi connectivity index (χ1v) is 15.6. The number of hydrogen-bond acceptors (Lipinski definition) is 0. The Kier molecular flexibility index (Phi) is 5.07. The second kappa shape index (κ2) is 8.17. The fourth-order valence-corrected chi connectivity index (χ4v) is 11.0. The van der Waals surface area contributed by atoms with Crippen LogP contribution in [-0.2, 0) is 0 Å². The van der Waals surface area contributed by atoms with Crippen molar-refractivity contribution in [1.82, 2.24) is 0 Å². The van der Waals surface area contributed by atoms with Crippen LogP contribution in [0.15, 0.2) is 78.4 Å². The number of benzene rings is 4. The van der Waals surface area contributed by atoms with Gasteiger partial charge in [0.15, 0.2) is 0 Å². The van der Waals surface area contributed by atoms with Crippen molar-refractivity contribution in [3.05, 3.63) is 101 Å². The maximum absolute atomic E-state index is 2.56. The van der Waals surface area contributed by atoms with Crippen molar-refractivity contribution in [2.24, 2.45) is 5.92 Å². The molecule has 3 aliphatic rings. The van der Waals surface area contributed by atoms with Gasteiger partial charge < -0.3 is 0 Å². The van der Waals surface area contributed by atoms with Gasteiger partial charge in [0.1, 0.15) is 8.80 Å². The van der Waals surface area contributed by atoms with Gasteiger partial charge in [0.05, 0.1) is 0 Å². The summed E-state index contributed by atoms with van der Waals surface area (Å²) in [6.07, 6.45) is 2.56. The van der Waals surface area contributed by atoms with Gasteiger partial charge in [-0.05, 0) is 83.8 Å². The van der Waals surface area contributed by atoms with Gasteiger partial charge in [-0.1, -0.05) is 126 Å². The van der Waals surface area contributed by atoms with Gasteiger partial charge in [-0.15, -0.1) is 0 Å². The van der Waals surface area contributed by atoms with E-state index in [0.29, 0.717) is 23.3 Å². The minimum absolute atomic E-state index is 0.478. The molecule has 1 atom stereocenters. The average molecular weight is 496 g/mol. The standard InChI is InChI=1S/C36H35Si/c1-20(2)24-16-25(21(3)4)18-26(17-24)33-28-15-14-23-19-31(22(5)6)36(34(23)33)37-32-13-8-7-10-27(32)29-11-9-12-30(28)35(29)37/h7-22,36H,1-6H3. The van der Waals surface area contributed by atoms with Gasteiger partial charge in [0.2, 0.25) is 0 Å². The lowest BCUT2D eigenvalue weighted by molar-refractivity contribution is 0.743. The average Bonchev–Trinajstić information content (AvgIpc) is 3.41. The van der Waals surface area contributed by atoms with Crippen LogP contribution < -0.4 is 10.4 Å². The fourth-order valence-electron chi connectivity index (χ4n) is 7.01. The molecule has 0 saturated carbocycles. The van der Waals surface area contributed by atoms with E-state index in [0.717, 1.165) is 0 Å². The highest BCUT2D eigenvalue weighted by Gasteiger charge is 2.46. The van der Waals surface area contributed by atoms with Crippen LogP contribution in [0.2, 0.25) is 0 Å². The smallest absolute Gasteiger partial charge is 0.0623 e. The monoisotopic (exact) mass is 495 g/mol. The van der Waals surface area contributed by atoms with Crippen molar-refractivity contribution >= 4 is 25.2 Å². The third-order valence-electron chi connectivity index (χ3n) is 8.91. The molecule has 4 aromatic rings. The molecule has 1 heteroatoms. The lowest BCUT2D eigenvalue weighted by atomic mass is 9.84. The van der Waals surface area contributed by atoms with Crippen molar-refractivity contribution in [3.63, 3.8) is 0 Å². The molecule has 7 rings (SSSR count). The fraction of sp³-hybridized carbons (Fsp3) is 0.278. The Labute approximate surface area is 223 Å². The molecule has 37 heavy (non-hydrogen) atoms. The Morgan fingerprint density at radius 3 is 1.95 bits per heavy atom. The first-order valence-electron chi connectivity index (χ1n) is 14.0. The molecule has 2 aliphatic heterocycles. The lowest BCUT2D eigenvalue weighted by Crippen LogP contribution is -2.44. The summed E-state index contributed by atoms with van der Waals surface area (Å²) in [5.74, 6) is 1.54. The lowest BCUT2D eigenvalue weighted by Gasteiger charge is -2.27. The summed E-state index contributed by atoms with van der Waals surface area (Å²) < 4.78 is 0. The molecule has 0 amide bonds. The normalized spacial score (nSPS) is 16.9. The highest BCUT2D eigenvalue weighted by atomic mass is 28.3. The van der Waals surface area contributed by atoms with Crippen LogP contribution in [0.5, 0.6) is 0 Å². The van der Waals surface area contributed by atoms with Crippen molar-refractivity contribution in [2.45, 2.75) is 58.9 Å². The summed E-state index contributed by atoms with van der Waals surface area (Å²) in [7, 11) is -1.04. The zero-order valence-electron chi connectivity index (χ0n) is 22.8. The zero-order chi connectivity index (χ0) is 25.6. The predicted molar refractivity (Wildman–Crippen MR) is 162 cm³/mol. The molecule has 2 bridgehead atoms. The number of rotatable bonds is 4. The molecule has 0 nitrogen and oxygen atoms in total. The summed E-state index contributed by atoms with van der Waals surface area (Å²) >= 11 is 0. The highest BCUT2D eigenvalue weighted by Crippen LogP contribution is 2.53. The van der Waals surface area contributed by atoms with Crippen LogP contribution in [0.3, 0.4) is 0 Å². The number of hydrogen-bond donors (Lipinski definition) is 0. The molecule has 1 radical (unpaired) electrons. The first kappa shape index (κ1) is 23.0. The molecule has 0 aromatic heterocycles. The summed E-state index contributed by atoms with van der Waals surface area (Å²) in [6, 6.07) is 28.7. The third-order valence-corrected chi connectivity index (χ3v) is 12.2. The van der Waals surface area contributed by atoms with Crippen molar-refractivity contribution in [3.8, 4) is 33.4 Å². The van der Waals surface area contributed by atoms with Gasteiger partial charge >= 0.3 is 0 Å². The van der Waals surface area contributed by atoms with E-state index >= 15 is 0 Å². The van der Waals surface area contributed by atoms with Crippen molar-refractivity contribution in [1.29, 1.82) is 0 Å². The molecule has 2 heterocycles. The molecule has 1 unspecified atom stereocenters. The van der Waals surface area contributed by atoms with E-state index in [1.165, 1.54) is 50.1 Å². The summed E-state index contributed by atoms with van der Waals surface area (Å²) in [4.78, 5) is 0.